The summed E-state index contributed by atoms with van der Waals surface area (Å²) in [5.41, 5.74) is 0. The van der Waals surface area contributed by atoms with Crippen LogP contribution in [0.4, 0.5) is 0 Å². The van der Waals surface area contributed by atoms with Gasteiger partial charge in [0.15, 0.2) is 6.29 Å². The van der Waals surface area contributed by atoms with Crippen molar-refractivity contribution in [2.45, 2.75) is 76.5 Å². The van der Waals surface area contributed by atoms with Crippen molar-refractivity contribution in [1.82, 2.24) is 0 Å². The number of aliphatic hydroxyl groups excluding tert-OH is 1. The van der Waals surface area contributed by atoms with E-state index >= 15 is 0 Å². The van der Waals surface area contributed by atoms with Crippen LogP contribution in [-0.2, 0) is 13.6 Å². The zero-order valence-electron chi connectivity index (χ0n) is 26.4. The van der Waals surface area contributed by atoms with Gasteiger partial charge in [-0.05, 0) is 30.8 Å². The van der Waals surface area contributed by atoms with Crippen molar-refractivity contribution in [3.63, 3.8) is 0 Å². The van der Waals surface area contributed by atoms with E-state index in [1.54, 1.807) is 0 Å². The van der Waals surface area contributed by atoms with Gasteiger partial charge in [-0.3, -0.25) is 0 Å². The molecule has 0 aromatic heterocycles. The Morgan fingerprint density at radius 3 is 1.30 bits per heavy atom. The lowest BCUT2D eigenvalue weighted by atomic mass is 10.2. The Hall–Kier alpha value is -2.85. The Labute approximate surface area is 259 Å². The van der Waals surface area contributed by atoms with Gasteiger partial charge in [0.1, 0.15) is 6.10 Å². The molecule has 1 fully saturated rings. The second-order valence-electron chi connectivity index (χ2n) is 13.7. The highest BCUT2D eigenvalue weighted by atomic mass is 28.4. The van der Waals surface area contributed by atoms with Gasteiger partial charge in [-0.2, -0.15) is 0 Å². The summed E-state index contributed by atoms with van der Waals surface area (Å²) >= 11 is 0. The second-order valence-corrected chi connectivity index (χ2v) is 22.2. The molecule has 3 atom stereocenters. The van der Waals surface area contributed by atoms with Crippen molar-refractivity contribution >= 4 is 37.4 Å². The molecule has 226 valence electrons. The fourth-order valence-electron chi connectivity index (χ4n) is 6.85. The number of benzene rings is 4. The molecule has 0 saturated carbocycles. The van der Waals surface area contributed by atoms with E-state index in [0.717, 1.165) is 0 Å². The van der Waals surface area contributed by atoms with Crippen LogP contribution in [0.1, 0.15) is 48.0 Å². The zero-order valence-corrected chi connectivity index (χ0v) is 28.4. The molecule has 6 heteroatoms. The lowest BCUT2D eigenvalue weighted by Gasteiger charge is -2.46. The molecular formula is C37H46O4Si2. The maximum absolute atomic E-state index is 10.9. The van der Waals surface area contributed by atoms with Gasteiger partial charge >= 0.3 is 0 Å². The Morgan fingerprint density at radius 2 is 0.953 bits per heavy atom. The van der Waals surface area contributed by atoms with Crippen LogP contribution in [0.2, 0.25) is 10.1 Å². The molecule has 4 aromatic rings. The highest BCUT2D eigenvalue weighted by molar-refractivity contribution is 7.00. The average Bonchev–Trinajstić information content (AvgIpc) is 3.35. The van der Waals surface area contributed by atoms with E-state index in [1.807, 2.05) is 0 Å². The summed E-state index contributed by atoms with van der Waals surface area (Å²) in [5.74, 6) is 0. The molecule has 0 aliphatic carbocycles. The van der Waals surface area contributed by atoms with Crippen LogP contribution in [0.5, 0.6) is 0 Å². The summed E-state index contributed by atoms with van der Waals surface area (Å²) in [6, 6.07) is 42.6. The van der Waals surface area contributed by atoms with Crippen molar-refractivity contribution in [2.24, 2.45) is 0 Å². The van der Waals surface area contributed by atoms with Crippen LogP contribution >= 0.6 is 0 Å². The minimum absolute atomic E-state index is 0.165. The van der Waals surface area contributed by atoms with Gasteiger partial charge in [-0.15, -0.1) is 0 Å². The van der Waals surface area contributed by atoms with E-state index in [9.17, 15) is 5.11 Å². The highest BCUT2D eigenvalue weighted by Crippen LogP contribution is 2.41. The van der Waals surface area contributed by atoms with Crippen molar-refractivity contribution < 1.29 is 18.7 Å². The SMILES string of the molecule is CC(C)(C)[Si](OC[C@H]1OC(O)C[C@@H]1O[Si](c1ccccc1)(c1ccccc1)C(C)(C)C)(c1ccccc1)c1ccccc1. The van der Waals surface area contributed by atoms with Gasteiger partial charge in [0, 0.05) is 6.42 Å². The molecule has 0 bridgehead atoms. The minimum Gasteiger partial charge on any atom is -0.405 e. The van der Waals surface area contributed by atoms with E-state index in [1.165, 1.54) is 20.7 Å². The van der Waals surface area contributed by atoms with Crippen LogP contribution < -0.4 is 20.7 Å². The molecule has 0 amide bonds. The molecule has 1 N–H and O–H groups in total. The molecule has 1 aliphatic rings. The van der Waals surface area contributed by atoms with Crippen molar-refractivity contribution in [2.75, 3.05) is 6.61 Å². The van der Waals surface area contributed by atoms with Crippen molar-refractivity contribution in [3.05, 3.63) is 121 Å². The van der Waals surface area contributed by atoms with Crippen LogP contribution in [0.3, 0.4) is 0 Å². The lowest BCUT2D eigenvalue weighted by Crippen LogP contribution is -2.69. The molecule has 1 unspecified atom stereocenters. The van der Waals surface area contributed by atoms with Gasteiger partial charge in [-0.1, -0.05) is 163 Å². The quantitative estimate of drug-likeness (QED) is 0.250. The highest BCUT2D eigenvalue weighted by Gasteiger charge is 2.55. The molecule has 0 spiro atoms. The number of aliphatic hydroxyl groups is 1. The van der Waals surface area contributed by atoms with Crippen molar-refractivity contribution in [3.8, 4) is 0 Å². The lowest BCUT2D eigenvalue weighted by molar-refractivity contribution is -0.105. The summed E-state index contributed by atoms with van der Waals surface area (Å²) in [6.45, 7) is 14.0. The Morgan fingerprint density at radius 1 is 0.605 bits per heavy atom. The molecule has 4 aromatic carbocycles. The molecule has 43 heavy (non-hydrogen) atoms. The van der Waals surface area contributed by atoms with E-state index in [2.05, 4.69) is 163 Å². The summed E-state index contributed by atoms with van der Waals surface area (Å²) in [6.07, 6.45) is -1.26. The monoisotopic (exact) mass is 610 g/mol. The number of hydrogen-bond acceptors (Lipinski definition) is 4. The van der Waals surface area contributed by atoms with Gasteiger partial charge in [-0.25, -0.2) is 0 Å². The summed E-state index contributed by atoms with van der Waals surface area (Å²) in [4.78, 5) is 0. The fourth-order valence-corrected chi connectivity index (χ4v) is 16.1. The van der Waals surface area contributed by atoms with Crippen LogP contribution in [0.15, 0.2) is 121 Å². The first-order valence-corrected chi connectivity index (χ1v) is 19.2. The number of ether oxygens (including phenoxy) is 1. The normalized spacial score (nSPS) is 19.8. The van der Waals surface area contributed by atoms with Gasteiger partial charge in [0.25, 0.3) is 16.6 Å². The van der Waals surface area contributed by atoms with Crippen LogP contribution in [-0.4, -0.2) is 46.8 Å². The summed E-state index contributed by atoms with van der Waals surface area (Å²) < 4.78 is 21.0. The first-order valence-electron chi connectivity index (χ1n) is 15.4. The van der Waals surface area contributed by atoms with Gasteiger partial charge < -0.3 is 18.7 Å². The number of rotatable bonds is 9. The molecular weight excluding hydrogens is 565 g/mol. The predicted octanol–water partition coefficient (Wildman–Crippen LogP) is 5.62. The van der Waals surface area contributed by atoms with Crippen molar-refractivity contribution in [1.29, 1.82) is 0 Å². The molecule has 4 nitrogen and oxygen atoms in total. The van der Waals surface area contributed by atoms with E-state index in [0.29, 0.717) is 13.0 Å². The molecule has 1 aliphatic heterocycles. The third kappa shape index (κ3) is 6.10. The van der Waals surface area contributed by atoms with Gasteiger partial charge in [0.2, 0.25) is 0 Å². The Kier molecular flexibility index (Phi) is 9.28. The zero-order chi connectivity index (χ0) is 30.7. The summed E-state index contributed by atoms with van der Waals surface area (Å²) in [7, 11) is -5.66. The molecule has 1 saturated heterocycles. The maximum Gasteiger partial charge on any atom is 0.261 e. The molecule has 5 rings (SSSR count). The molecule has 0 radical (unpaired) electrons. The Bertz CT molecular complexity index is 1360. The fraction of sp³-hybridized carbons (Fsp3) is 0.351. The predicted molar refractivity (Wildman–Crippen MR) is 182 cm³/mol. The van der Waals surface area contributed by atoms with E-state index in [4.69, 9.17) is 13.6 Å². The maximum atomic E-state index is 10.9. The topological polar surface area (TPSA) is 47.9 Å². The van der Waals surface area contributed by atoms with Gasteiger partial charge in [0.05, 0.1) is 12.7 Å². The third-order valence-electron chi connectivity index (χ3n) is 8.81. The smallest absolute Gasteiger partial charge is 0.261 e. The third-order valence-corrected chi connectivity index (χ3v) is 18.9. The minimum atomic E-state index is -2.86. The standard InChI is InChI=1S/C37H46O4Si2/c1-36(2,3)42(29-19-11-7-12-20-29,30-21-13-8-14-22-30)39-28-34-33(27-35(38)40-34)41-43(37(4,5)6,31-23-15-9-16-24-31)32-25-17-10-18-26-32/h7-26,33-35,38H,27-28H2,1-6H3/t33-,34+,35?/m0/s1. The first kappa shape index (κ1) is 31.6. The number of hydrogen-bond donors (Lipinski definition) is 1. The Balaban J connectivity index is 1.56. The first-order chi connectivity index (χ1) is 20.5. The summed E-state index contributed by atoms with van der Waals surface area (Å²) in [5, 5.41) is 15.4. The van der Waals surface area contributed by atoms with E-state index in [-0.39, 0.29) is 16.2 Å². The largest absolute Gasteiger partial charge is 0.405 e. The molecule has 1 heterocycles. The average molecular weight is 611 g/mol. The van der Waals surface area contributed by atoms with Crippen LogP contribution in [0.25, 0.3) is 0 Å². The van der Waals surface area contributed by atoms with E-state index < -0.39 is 29.0 Å². The second kappa shape index (κ2) is 12.6. The van der Waals surface area contributed by atoms with Crippen LogP contribution in [0, 0.1) is 0 Å².